The second kappa shape index (κ2) is 9.13. The third-order valence-corrected chi connectivity index (χ3v) is 3.55. The van der Waals surface area contributed by atoms with E-state index in [0.717, 1.165) is 23.3 Å². The van der Waals surface area contributed by atoms with Crippen molar-refractivity contribution in [1.29, 1.82) is 0 Å². The van der Waals surface area contributed by atoms with Crippen LogP contribution in [0.2, 0.25) is 0 Å². The number of nitrogens with one attached hydrogen (secondary N) is 1. The van der Waals surface area contributed by atoms with Crippen molar-refractivity contribution in [2.75, 3.05) is 19.8 Å². The van der Waals surface area contributed by atoms with Crippen molar-refractivity contribution < 1.29 is 18.7 Å². The van der Waals surface area contributed by atoms with E-state index in [4.69, 9.17) is 13.9 Å². The van der Waals surface area contributed by atoms with Crippen molar-refractivity contribution >= 4 is 5.91 Å². The van der Waals surface area contributed by atoms with Gasteiger partial charge in [-0.3, -0.25) is 4.79 Å². The van der Waals surface area contributed by atoms with E-state index in [2.05, 4.69) is 5.32 Å². The van der Waals surface area contributed by atoms with Gasteiger partial charge in [0.15, 0.2) is 5.76 Å². The maximum atomic E-state index is 12.0. The fourth-order valence-electron chi connectivity index (χ4n) is 2.20. The summed E-state index contributed by atoms with van der Waals surface area (Å²) in [6.07, 6.45) is 0.781. The van der Waals surface area contributed by atoms with Crippen molar-refractivity contribution in [2.24, 2.45) is 0 Å². The summed E-state index contributed by atoms with van der Waals surface area (Å²) in [4.78, 5) is 12.0. The maximum Gasteiger partial charge on any atom is 0.286 e. The number of carbonyl (C=O) groups excluding carboxylic acids is 1. The molecule has 1 aromatic carbocycles. The van der Waals surface area contributed by atoms with Crippen LogP contribution in [0.3, 0.4) is 0 Å². The third-order valence-electron chi connectivity index (χ3n) is 3.55. The largest absolute Gasteiger partial charge is 0.485 e. The smallest absolute Gasteiger partial charge is 0.286 e. The second-order valence-electron chi connectivity index (χ2n) is 5.63. The van der Waals surface area contributed by atoms with Crippen LogP contribution >= 0.6 is 0 Å². The van der Waals surface area contributed by atoms with Gasteiger partial charge in [0.1, 0.15) is 18.1 Å². The number of ether oxygens (including phenoxy) is 2. The van der Waals surface area contributed by atoms with E-state index in [-0.39, 0.29) is 5.91 Å². The van der Waals surface area contributed by atoms with Crippen molar-refractivity contribution in [1.82, 2.24) is 5.32 Å². The molecular formula is C19H25NO4. The normalized spacial score (nSPS) is 10.6. The predicted molar refractivity (Wildman–Crippen MR) is 92.4 cm³/mol. The van der Waals surface area contributed by atoms with E-state index in [9.17, 15) is 4.79 Å². The zero-order valence-corrected chi connectivity index (χ0v) is 14.6. The number of benzene rings is 1. The zero-order chi connectivity index (χ0) is 17.4. The quantitative estimate of drug-likeness (QED) is 0.713. The van der Waals surface area contributed by atoms with Crippen molar-refractivity contribution in [3.8, 4) is 5.75 Å². The van der Waals surface area contributed by atoms with Gasteiger partial charge in [-0.25, -0.2) is 0 Å². The van der Waals surface area contributed by atoms with Crippen LogP contribution in [0.5, 0.6) is 5.75 Å². The molecule has 0 aliphatic heterocycles. The van der Waals surface area contributed by atoms with E-state index < -0.39 is 0 Å². The fraction of sp³-hybridized carbons (Fsp3) is 0.421. The van der Waals surface area contributed by atoms with Crippen LogP contribution in [0.1, 0.15) is 40.8 Å². The van der Waals surface area contributed by atoms with Crippen molar-refractivity contribution in [3.05, 3.63) is 53.0 Å². The fourth-order valence-corrected chi connectivity index (χ4v) is 2.20. The van der Waals surface area contributed by atoms with Gasteiger partial charge in [0.2, 0.25) is 0 Å². The molecule has 2 rings (SSSR count). The minimum Gasteiger partial charge on any atom is -0.485 e. The van der Waals surface area contributed by atoms with Gasteiger partial charge in [0.25, 0.3) is 5.91 Å². The first-order valence-electron chi connectivity index (χ1n) is 8.25. The highest BCUT2D eigenvalue weighted by Gasteiger charge is 2.11. The monoisotopic (exact) mass is 331 g/mol. The lowest BCUT2D eigenvalue weighted by atomic mass is 10.1. The molecule has 0 saturated carbocycles. The summed E-state index contributed by atoms with van der Waals surface area (Å²) in [5.41, 5.74) is 2.21. The van der Waals surface area contributed by atoms with Gasteiger partial charge in [-0.2, -0.15) is 0 Å². The van der Waals surface area contributed by atoms with Gasteiger partial charge in [0.05, 0.1) is 0 Å². The Bertz CT molecular complexity index is 663. The molecule has 24 heavy (non-hydrogen) atoms. The topological polar surface area (TPSA) is 60.7 Å². The molecule has 0 aliphatic rings. The standard InChI is InChI=1S/C19H25NO4/c1-4-22-11-5-10-20-19(21)17-9-8-16(24-17)13-23-18-12-14(2)6-7-15(18)3/h6-9,12H,4-5,10-11,13H2,1-3H3,(H,20,21). The molecule has 1 aromatic heterocycles. The van der Waals surface area contributed by atoms with Crippen molar-refractivity contribution in [2.45, 2.75) is 33.8 Å². The number of furan rings is 1. The average molecular weight is 331 g/mol. The summed E-state index contributed by atoms with van der Waals surface area (Å²) in [5, 5.41) is 2.81. The predicted octanol–water partition coefficient (Wildman–Crippen LogP) is 3.63. The van der Waals surface area contributed by atoms with Crippen molar-refractivity contribution in [3.63, 3.8) is 0 Å². The summed E-state index contributed by atoms with van der Waals surface area (Å²) < 4.78 is 16.6. The minimum atomic E-state index is -0.218. The Kier molecular flexibility index (Phi) is 6.88. The highest BCUT2D eigenvalue weighted by atomic mass is 16.5. The molecule has 1 N–H and O–H groups in total. The Morgan fingerprint density at radius 3 is 2.83 bits per heavy atom. The van der Waals surface area contributed by atoms with Gasteiger partial charge in [-0.15, -0.1) is 0 Å². The summed E-state index contributed by atoms with van der Waals surface area (Å²) in [6, 6.07) is 9.49. The molecule has 1 amide bonds. The van der Waals surface area contributed by atoms with Gasteiger partial charge in [0, 0.05) is 19.8 Å². The van der Waals surface area contributed by atoms with E-state index in [1.54, 1.807) is 12.1 Å². The Hall–Kier alpha value is -2.27. The molecule has 0 saturated heterocycles. The Labute approximate surface area is 143 Å². The van der Waals surface area contributed by atoms with Gasteiger partial charge in [-0.1, -0.05) is 12.1 Å². The first-order chi connectivity index (χ1) is 11.6. The number of amides is 1. The molecule has 0 radical (unpaired) electrons. The molecule has 1 heterocycles. The molecule has 0 aliphatic carbocycles. The van der Waals surface area contributed by atoms with Crippen LogP contribution < -0.4 is 10.1 Å². The Balaban J connectivity index is 1.82. The maximum absolute atomic E-state index is 12.0. The van der Waals surface area contributed by atoms with E-state index in [1.807, 2.05) is 39.0 Å². The molecule has 0 spiro atoms. The molecule has 0 bridgehead atoms. The van der Waals surface area contributed by atoms with Crippen LogP contribution in [0, 0.1) is 13.8 Å². The minimum absolute atomic E-state index is 0.218. The van der Waals surface area contributed by atoms with Crippen LogP contribution in [-0.2, 0) is 11.3 Å². The summed E-state index contributed by atoms with van der Waals surface area (Å²) in [5.74, 6) is 1.53. The SMILES string of the molecule is CCOCCCNC(=O)c1ccc(COc2cc(C)ccc2C)o1. The highest BCUT2D eigenvalue weighted by molar-refractivity contribution is 5.91. The molecule has 0 fully saturated rings. The number of hydrogen-bond donors (Lipinski definition) is 1. The first-order valence-corrected chi connectivity index (χ1v) is 8.25. The first kappa shape index (κ1) is 18.1. The molecule has 0 atom stereocenters. The molecule has 5 nitrogen and oxygen atoms in total. The third kappa shape index (κ3) is 5.42. The summed E-state index contributed by atoms with van der Waals surface area (Å²) in [7, 11) is 0. The summed E-state index contributed by atoms with van der Waals surface area (Å²) >= 11 is 0. The molecule has 2 aromatic rings. The van der Waals surface area contributed by atoms with Crippen LogP contribution in [0.25, 0.3) is 0 Å². The second-order valence-corrected chi connectivity index (χ2v) is 5.63. The van der Waals surface area contributed by atoms with E-state index >= 15 is 0 Å². The molecular weight excluding hydrogens is 306 g/mol. The number of rotatable bonds is 9. The lowest BCUT2D eigenvalue weighted by molar-refractivity contribution is 0.0912. The number of carbonyl (C=O) groups is 1. The van der Waals surface area contributed by atoms with Gasteiger partial charge < -0.3 is 19.2 Å². The zero-order valence-electron chi connectivity index (χ0n) is 14.6. The van der Waals surface area contributed by atoms with Crippen LogP contribution in [-0.4, -0.2) is 25.7 Å². The highest BCUT2D eigenvalue weighted by Crippen LogP contribution is 2.21. The van der Waals surface area contributed by atoms with Gasteiger partial charge >= 0.3 is 0 Å². The van der Waals surface area contributed by atoms with E-state index in [1.165, 1.54) is 0 Å². The van der Waals surface area contributed by atoms with E-state index in [0.29, 0.717) is 37.9 Å². The molecule has 0 unspecified atom stereocenters. The number of hydrogen-bond acceptors (Lipinski definition) is 4. The lowest BCUT2D eigenvalue weighted by Crippen LogP contribution is -2.24. The van der Waals surface area contributed by atoms with Crippen LogP contribution in [0.4, 0.5) is 0 Å². The van der Waals surface area contributed by atoms with Crippen LogP contribution in [0.15, 0.2) is 34.7 Å². The lowest BCUT2D eigenvalue weighted by Gasteiger charge is -2.08. The molecule has 5 heteroatoms. The molecule has 130 valence electrons. The number of aryl methyl sites for hydroxylation is 2. The average Bonchev–Trinajstić information content (AvgIpc) is 3.04. The summed E-state index contributed by atoms with van der Waals surface area (Å²) in [6.45, 7) is 8.16. The van der Waals surface area contributed by atoms with Gasteiger partial charge in [-0.05, 0) is 56.5 Å². The Morgan fingerprint density at radius 1 is 1.21 bits per heavy atom. The Morgan fingerprint density at radius 2 is 2.04 bits per heavy atom.